The van der Waals surface area contributed by atoms with E-state index in [1.54, 1.807) is 0 Å². The van der Waals surface area contributed by atoms with Crippen molar-refractivity contribution >= 4 is 10.8 Å². The zero-order valence-corrected chi connectivity index (χ0v) is 15.8. The molecule has 0 spiro atoms. The van der Waals surface area contributed by atoms with E-state index in [1.165, 1.54) is 34.7 Å². The maximum Gasteiger partial charge on any atom is 0.157 e. The minimum Gasteiger partial charge on any atom is -0.353 e. The van der Waals surface area contributed by atoms with Crippen LogP contribution in [0.3, 0.4) is 0 Å². The third kappa shape index (κ3) is 4.94. The van der Waals surface area contributed by atoms with Crippen LogP contribution in [0.5, 0.6) is 0 Å². The summed E-state index contributed by atoms with van der Waals surface area (Å²) in [5.41, 5.74) is 3.80. The van der Waals surface area contributed by atoms with Gasteiger partial charge in [0.1, 0.15) is 0 Å². The summed E-state index contributed by atoms with van der Waals surface area (Å²) in [5, 5.41) is 2.49. The molecule has 0 aliphatic carbocycles. The van der Waals surface area contributed by atoms with Gasteiger partial charge in [0.15, 0.2) is 6.29 Å². The summed E-state index contributed by atoms with van der Waals surface area (Å²) in [6.07, 6.45) is 8.29. The highest BCUT2D eigenvalue weighted by atomic mass is 16.7. The molecule has 3 heteroatoms. The van der Waals surface area contributed by atoms with Crippen LogP contribution >= 0.6 is 0 Å². The van der Waals surface area contributed by atoms with Crippen molar-refractivity contribution in [2.45, 2.75) is 44.8 Å². The van der Waals surface area contributed by atoms with E-state index < -0.39 is 0 Å². The van der Waals surface area contributed by atoms with Gasteiger partial charge in [0.25, 0.3) is 0 Å². The third-order valence-electron chi connectivity index (χ3n) is 5.20. The number of nitrogens with zero attached hydrogens (tertiary/aromatic N) is 1. The van der Waals surface area contributed by atoms with Gasteiger partial charge in [-0.25, -0.2) is 0 Å². The van der Waals surface area contributed by atoms with Crippen molar-refractivity contribution in [3.8, 4) is 0 Å². The van der Waals surface area contributed by atoms with E-state index >= 15 is 0 Å². The van der Waals surface area contributed by atoms with Crippen molar-refractivity contribution < 1.29 is 9.47 Å². The fraction of sp³-hybridized carbons (Fsp3) is 0.375. The molecular formula is C24H27NO2. The lowest BCUT2D eigenvalue weighted by Gasteiger charge is -2.22. The summed E-state index contributed by atoms with van der Waals surface area (Å²) in [4.78, 5) is 4.60. The standard InChI is InChI=1S/C24H27NO2/c1-2-8-22-21(7-1)14-15-25-23(22)18-20-12-10-19(11-13-20)6-5-17-27-24-9-3-4-16-26-24/h1-2,7-8,10-15,24H,3-6,9,16-18H2. The molecule has 3 aromatic rings. The van der Waals surface area contributed by atoms with Crippen LogP contribution in [0.2, 0.25) is 0 Å². The van der Waals surface area contributed by atoms with Crippen LogP contribution in [0.25, 0.3) is 10.8 Å². The molecule has 1 fully saturated rings. The van der Waals surface area contributed by atoms with Gasteiger partial charge >= 0.3 is 0 Å². The zero-order valence-electron chi connectivity index (χ0n) is 15.8. The van der Waals surface area contributed by atoms with Gasteiger partial charge in [0, 0.05) is 24.6 Å². The van der Waals surface area contributed by atoms with E-state index in [-0.39, 0.29) is 6.29 Å². The number of pyridine rings is 1. The Labute approximate surface area is 161 Å². The van der Waals surface area contributed by atoms with Gasteiger partial charge in [-0.05, 0) is 54.7 Å². The molecule has 1 aromatic heterocycles. The first-order chi connectivity index (χ1) is 13.4. The summed E-state index contributed by atoms with van der Waals surface area (Å²) in [6.45, 7) is 1.62. The van der Waals surface area contributed by atoms with Crippen LogP contribution < -0.4 is 0 Å². The third-order valence-corrected chi connectivity index (χ3v) is 5.20. The Bertz CT molecular complexity index is 848. The van der Waals surface area contributed by atoms with E-state index in [9.17, 15) is 0 Å². The largest absolute Gasteiger partial charge is 0.353 e. The number of aromatic nitrogens is 1. The first kappa shape index (κ1) is 18.1. The van der Waals surface area contributed by atoms with Crippen LogP contribution in [-0.2, 0) is 22.3 Å². The smallest absolute Gasteiger partial charge is 0.157 e. The summed E-state index contributed by atoms with van der Waals surface area (Å²) in [7, 11) is 0. The quantitative estimate of drug-likeness (QED) is 0.535. The summed E-state index contributed by atoms with van der Waals surface area (Å²) < 4.78 is 11.4. The molecule has 2 heterocycles. The monoisotopic (exact) mass is 361 g/mol. The van der Waals surface area contributed by atoms with Crippen molar-refractivity contribution in [3.63, 3.8) is 0 Å². The molecule has 1 aliphatic heterocycles. The minimum absolute atomic E-state index is 0.0225. The van der Waals surface area contributed by atoms with Crippen LogP contribution in [-0.4, -0.2) is 24.5 Å². The number of hydrogen-bond donors (Lipinski definition) is 0. The van der Waals surface area contributed by atoms with Gasteiger partial charge in [0.05, 0.1) is 12.3 Å². The number of aryl methyl sites for hydroxylation is 1. The van der Waals surface area contributed by atoms with E-state index in [1.807, 2.05) is 6.20 Å². The van der Waals surface area contributed by atoms with E-state index in [4.69, 9.17) is 9.47 Å². The molecule has 27 heavy (non-hydrogen) atoms. The second-order valence-corrected chi connectivity index (χ2v) is 7.24. The second kappa shape index (κ2) is 9.12. The molecule has 0 saturated carbocycles. The molecule has 140 valence electrons. The summed E-state index contributed by atoms with van der Waals surface area (Å²) in [5.74, 6) is 0. The van der Waals surface area contributed by atoms with Crippen molar-refractivity contribution in [2.24, 2.45) is 0 Å². The van der Waals surface area contributed by atoms with Crippen molar-refractivity contribution in [1.29, 1.82) is 0 Å². The lowest BCUT2D eigenvalue weighted by Crippen LogP contribution is -2.22. The fourth-order valence-corrected chi connectivity index (χ4v) is 3.67. The zero-order chi connectivity index (χ0) is 18.3. The number of hydrogen-bond acceptors (Lipinski definition) is 3. The van der Waals surface area contributed by atoms with Crippen LogP contribution in [0.1, 0.15) is 42.5 Å². The van der Waals surface area contributed by atoms with Crippen molar-refractivity contribution in [1.82, 2.24) is 4.98 Å². The molecule has 0 amide bonds. The van der Waals surface area contributed by atoms with Gasteiger partial charge in [-0.15, -0.1) is 0 Å². The summed E-state index contributed by atoms with van der Waals surface area (Å²) in [6, 6.07) is 19.4. The molecule has 1 atom stereocenters. The average molecular weight is 361 g/mol. The first-order valence-corrected chi connectivity index (χ1v) is 10.0. The SMILES string of the molecule is c1ccc2c(Cc3ccc(CCCOC4CCCCO4)cc3)nccc2c1. The topological polar surface area (TPSA) is 31.4 Å². The predicted octanol–water partition coefficient (Wildman–Crippen LogP) is 5.30. The second-order valence-electron chi connectivity index (χ2n) is 7.24. The lowest BCUT2D eigenvalue weighted by molar-refractivity contribution is -0.162. The number of fused-ring (bicyclic) bond motifs is 1. The average Bonchev–Trinajstić information content (AvgIpc) is 2.73. The molecular weight excluding hydrogens is 334 g/mol. The van der Waals surface area contributed by atoms with Gasteiger partial charge in [-0.2, -0.15) is 0 Å². The Morgan fingerprint density at radius 3 is 2.67 bits per heavy atom. The molecule has 0 radical (unpaired) electrons. The van der Waals surface area contributed by atoms with E-state index in [2.05, 4.69) is 59.6 Å². The Balaban J connectivity index is 1.29. The Morgan fingerprint density at radius 2 is 1.81 bits per heavy atom. The van der Waals surface area contributed by atoms with Crippen molar-refractivity contribution in [2.75, 3.05) is 13.2 Å². The predicted molar refractivity (Wildman–Crippen MR) is 109 cm³/mol. The van der Waals surface area contributed by atoms with E-state index in [0.717, 1.165) is 44.6 Å². The molecule has 1 unspecified atom stereocenters. The number of rotatable bonds is 7. The molecule has 1 saturated heterocycles. The Kier molecular flexibility index (Phi) is 6.13. The van der Waals surface area contributed by atoms with Crippen LogP contribution in [0.15, 0.2) is 60.8 Å². The van der Waals surface area contributed by atoms with E-state index in [0.29, 0.717) is 0 Å². The highest BCUT2D eigenvalue weighted by Gasteiger charge is 2.13. The van der Waals surface area contributed by atoms with Crippen LogP contribution in [0, 0.1) is 0 Å². The van der Waals surface area contributed by atoms with Gasteiger partial charge in [0.2, 0.25) is 0 Å². The minimum atomic E-state index is 0.0225. The maximum absolute atomic E-state index is 5.82. The fourth-order valence-electron chi connectivity index (χ4n) is 3.67. The van der Waals surface area contributed by atoms with Crippen LogP contribution in [0.4, 0.5) is 0 Å². The van der Waals surface area contributed by atoms with Gasteiger partial charge in [-0.3, -0.25) is 4.98 Å². The molecule has 0 bridgehead atoms. The Morgan fingerprint density at radius 1 is 0.963 bits per heavy atom. The number of benzene rings is 2. The molecule has 0 N–H and O–H groups in total. The highest BCUT2D eigenvalue weighted by molar-refractivity contribution is 5.84. The van der Waals surface area contributed by atoms with Gasteiger partial charge in [-0.1, -0.05) is 48.5 Å². The normalized spacial score (nSPS) is 17.3. The molecule has 2 aromatic carbocycles. The summed E-state index contributed by atoms with van der Waals surface area (Å²) >= 11 is 0. The molecule has 4 rings (SSSR count). The number of ether oxygens (including phenoxy) is 2. The first-order valence-electron chi connectivity index (χ1n) is 10.0. The lowest BCUT2D eigenvalue weighted by atomic mass is 10.0. The Hall–Kier alpha value is -2.23. The highest BCUT2D eigenvalue weighted by Crippen LogP contribution is 2.20. The van der Waals surface area contributed by atoms with Gasteiger partial charge < -0.3 is 9.47 Å². The van der Waals surface area contributed by atoms with Crippen molar-refractivity contribution in [3.05, 3.63) is 77.6 Å². The molecule has 3 nitrogen and oxygen atoms in total. The maximum atomic E-state index is 5.82. The molecule has 1 aliphatic rings.